The van der Waals surface area contributed by atoms with Gasteiger partial charge in [0.15, 0.2) is 5.82 Å². The van der Waals surface area contributed by atoms with Crippen LogP contribution in [0, 0.1) is 0 Å². The first-order chi connectivity index (χ1) is 8.84. The first-order valence-corrected chi connectivity index (χ1v) is 6.35. The molecular weight excluding hydrogens is 226 g/mol. The number of aromatic nitrogens is 4. The topological polar surface area (TPSA) is 55.6 Å². The molecule has 1 N–H and O–H groups in total. The first-order valence-electron chi connectivity index (χ1n) is 6.35. The van der Waals surface area contributed by atoms with E-state index in [2.05, 4.69) is 15.3 Å². The highest BCUT2D eigenvalue weighted by molar-refractivity contribution is 5.48. The maximum absolute atomic E-state index is 4.73. The average molecular weight is 243 g/mol. The van der Waals surface area contributed by atoms with Crippen molar-refractivity contribution in [3.63, 3.8) is 0 Å². The van der Waals surface area contributed by atoms with Crippen LogP contribution in [0.25, 0.3) is 11.5 Å². The predicted octanol–water partition coefficient (Wildman–Crippen LogP) is 1.34. The van der Waals surface area contributed by atoms with Crippen LogP contribution >= 0.6 is 0 Å². The number of rotatable bonds is 2. The largest absolute Gasteiger partial charge is 0.333 e. The summed E-state index contributed by atoms with van der Waals surface area (Å²) < 4.78 is 1.97. The lowest BCUT2D eigenvalue weighted by atomic mass is 9.95. The van der Waals surface area contributed by atoms with Crippen molar-refractivity contribution in [2.24, 2.45) is 7.05 Å². The van der Waals surface area contributed by atoms with Gasteiger partial charge in [0.05, 0.1) is 11.9 Å². The van der Waals surface area contributed by atoms with Crippen LogP contribution in [0.4, 0.5) is 0 Å². The molecule has 0 spiro atoms. The Kier molecular flexibility index (Phi) is 3.06. The maximum Gasteiger partial charge on any atom is 0.159 e. The molecule has 0 atom stereocenters. The highest BCUT2D eigenvalue weighted by atomic mass is 15.1. The van der Waals surface area contributed by atoms with Crippen LogP contribution in [0.5, 0.6) is 0 Å². The fraction of sp³-hybridized carbons (Fsp3) is 0.462. The molecule has 0 aromatic carbocycles. The van der Waals surface area contributed by atoms with E-state index in [0.29, 0.717) is 5.92 Å². The van der Waals surface area contributed by atoms with Gasteiger partial charge in [-0.3, -0.25) is 4.98 Å². The van der Waals surface area contributed by atoms with Gasteiger partial charge in [0.2, 0.25) is 0 Å². The van der Waals surface area contributed by atoms with Crippen molar-refractivity contribution in [2.75, 3.05) is 13.1 Å². The Bertz CT molecular complexity index is 528. The Morgan fingerprint density at radius 3 is 2.83 bits per heavy atom. The van der Waals surface area contributed by atoms with Crippen LogP contribution in [-0.4, -0.2) is 32.6 Å². The van der Waals surface area contributed by atoms with E-state index in [-0.39, 0.29) is 0 Å². The molecule has 2 aromatic rings. The van der Waals surface area contributed by atoms with Gasteiger partial charge in [-0.15, -0.1) is 0 Å². The lowest BCUT2D eigenvalue weighted by Gasteiger charge is -2.21. The molecule has 5 heteroatoms. The van der Waals surface area contributed by atoms with Gasteiger partial charge in [0, 0.05) is 31.6 Å². The van der Waals surface area contributed by atoms with Crippen molar-refractivity contribution in [1.82, 2.24) is 24.8 Å². The number of piperidine rings is 1. The van der Waals surface area contributed by atoms with Crippen LogP contribution in [-0.2, 0) is 7.05 Å². The fourth-order valence-electron chi connectivity index (χ4n) is 2.42. The summed E-state index contributed by atoms with van der Waals surface area (Å²) in [6.07, 6.45) is 9.66. The van der Waals surface area contributed by atoms with Gasteiger partial charge >= 0.3 is 0 Å². The highest BCUT2D eigenvalue weighted by Crippen LogP contribution is 2.24. The third-order valence-electron chi connectivity index (χ3n) is 3.46. The maximum atomic E-state index is 4.73. The van der Waals surface area contributed by atoms with Gasteiger partial charge in [-0.05, 0) is 25.9 Å². The number of imidazole rings is 1. The lowest BCUT2D eigenvalue weighted by molar-refractivity contribution is 0.452. The molecule has 0 unspecified atom stereocenters. The van der Waals surface area contributed by atoms with Crippen LogP contribution in [0.2, 0.25) is 0 Å². The van der Waals surface area contributed by atoms with Crippen LogP contribution in [0.15, 0.2) is 24.8 Å². The van der Waals surface area contributed by atoms with Crippen LogP contribution < -0.4 is 5.32 Å². The number of hydrogen-bond acceptors (Lipinski definition) is 4. The number of nitrogens with one attached hydrogen (secondary N) is 1. The molecule has 1 saturated heterocycles. The van der Waals surface area contributed by atoms with Gasteiger partial charge in [0.25, 0.3) is 0 Å². The summed E-state index contributed by atoms with van der Waals surface area (Å²) in [5.41, 5.74) is 1.95. The zero-order valence-electron chi connectivity index (χ0n) is 10.5. The smallest absolute Gasteiger partial charge is 0.159 e. The summed E-state index contributed by atoms with van der Waals surface area (Å²) in [7, 11) is 1.97. The van der Waals surface area contributed by atoms with E-state index in [1.165, 1.54) is 0 Å². The van der Waals surface area contributed by atoms with E-state index in [9.17, 15) is 0 Å². The van der Waals surface area contributed by atoms with E-state index in [1.807, 2.05) is 24.0 Å². The van der Waals surface area contributed by atoms with Gasteiger partial charge in [-0.2, -0.15) is 0 Å². The van der Waals surface area contributed by atoms with Crippen molar-refractivity contribution in [3.8, 4) is 11.5 Å². The zero-order chi connectivity index (χ0) is 12.4. The van der Waals surface area contributed by atoms with E-state index < -0.39 is 0 Å². The Labute approximate surface area is 106 Å². The molecule has 5 nitrogen and oxygen atoms in total. The van der Waals surface area contributed by atoms with E-state index in [0.717, 1.165) is 43.1 Å². The van der Waals surface area contributed by atoms with Crippen LogP contribution in [0.3, 0.4) is 0 Å². The molecule has 0 radical (unpaired) electrons. The molecular formula is C13H17N5. The van der Waals surface area contributed by atoms with E-state index >= 15 is 0 Å². The Hall–Kier alpha value is -1.75. The second-order valence-corrected chi connectivity index (χ2v) is 4.72. The minimum Gasteiger partial charge on any atom is -0.333 e. The van der Waals surface area contributed by atoms with Crippen molar-refractivity contribution in [1.29, 1.82) is 0 Å². The van der Waals surface area contributed by atoms with Gasteiger partial charge in [0.1, 0.15) is 5.69 Å². The standard InChI is InChI=1S/C13H17N5/c1-18-7-6-16-13(18)12-9-15-8-11(17-12)10-2-4-14-5-3-10/h6-10,14H,2-5H2,1H3. The molecule has 1 aliphatic heterocycles. The summed E-state index contributed by atoms with van der Waals surface area (Å²) in [5, 5.41) is 3.37. The molecule has 0 saturated carbocycles. The summed E-state index contributed by atoms with van der Waals surface area (Å²) in [5.74, 6) is 1.40. The zero-order valence-corrected chi connectivity index (χ0v) is 10.5. The van der Waals surface area contributed by atoms with Crippen molar-refractivity contribution < 1.29 is 0 Å². The SMILES string of the molecule is Cn1ccnc1-c1cncc(C2CCNCC2)n1. The molecule has 0 aliphatic carbocycles. The van der Waals surface area contributed by atoms with Crippen molar-refractivity contribution in [3.05, 3.63) is 30.5 Å². The fourth-order valence-corrected chi connectivity index (χ4v) is 2.42. The summed E-state index contributed by atoms with van der Waals surface area (Å²) in [4.78, 5) is 13.4. The molecule has 18 heavy (non-hydrogen) atoms. The minimum atomic E-state index is 0.527. The number of aryl methyl sites for hydroxylation is 1. The van der Waals surface area contributed by atoms with Gasteiger partial charge < -0.3 is 9.88 Å². The third kappa shape index (κ3) is 2.13. The normalized spacial score (nSPS) is 16.9. The Morgan fingerprint density at radius 1 is 1.28 bits per heavy atom. The molecule has 2 aromatic heterocycles. The minimum absolute atomic E-state index is 0.527. The lowest BCUT2D eigenvalue weighted by Crippen LogP contribution is -2.27. The monoisotopic (exact) mass is 243 g/mol. The molecule has 3 rings (SSSR count). The molecule has 94 valence electrons. The highest BCUT2D eigenvalue weighted by Gasteiger charge is 2.17. The average Bonchev–Trinajstić information content (AvgIpc) is 2.86. The molecule has 0 amide bonds. The quantitative estimate of drug-likeness (QED) is 0.865. The second-order valence-electron chi connectivity index (χ2n) is 4.72. The van der Waals surface area contributed by atoms with Gasteiger partial charge in [-0.25, -0.2) is 9.97 Å². The number of nitrogens with zero attached hydrogens (tertiary/aromatic N) is 4. The van der Waals surface area contributed by atoms with Gasteiger partial charge in [-0.1, -0.05) is 0 Å². The predicted molar refractivity (Wildman–Crippen MR) is 69.1 cm³/mol. The Morgan fingerprint density at radius 2 is 2.11 bits per heavy atom. The van der Waals surface area contributed by atoms with E-state index in [1.54, 1.807) is 12.4 Å². The molecule has 1 fully saturated rings. The van der Waals surface area contributed by atoms with Crippen molar-refractivity contribution >= 4 is 0 Å². The van der Waals surface area contributed by atoms with E-state index in [4.69, 9.17) is 4.98 Å². The summed E-state index contributed by atoms with van der Waals surface area (Å²) in [6.45, 7) is 2.14. The molecule has 3 heterocycles. The third-order valence-corrected chi connectivity index (χ3v) is 3.46. The number of hydrogen-bond donors (Lipinski definition) is 1. The molecule has 0 bridgehead atoms. The van der Waals surface area contributed by atoms with Crippen molar-refractivity contribution in [2.45, 2.75) is 18.8 Å². The second kappa shape index (κ2) is 4.86. The van der Waals surface area contributed by atoms with Crippen LogP contribution in [0.1, 0.15) is 24.5 Å². The molecule has 1 aliphatic rings. The summed E-state index contributed by atoms with van der Waals surface area (Å²) >= 11 is 0. The summed E-state index contributed by atoms with van der Waals surface area (Å²) in [6, 6.07) is 0. The Balaban J connectivity index is 1.91. The first kappa shape index (κ1) is 11.3.